The molecule has 0 saturated heterocycles. The molecule has 2 N–H and O–H groups in total. The molecule has 208 valence electrons. The van der Waals surface area contributed by atoms with Crippen LogP contribution in [0.15, 0.2) is 41.6 Å². The molecule has 1 saturated carbocycles. The third-order valence-electron chi connectivity index (χ3n) is 7.57. The number of nitrogens with one attached hydrogen (secondary N) is 2. The van der Waals surface area contributed by atoms with Crippen molar-refractivity contribution in [3.8, 4) is 11.5 Å². The highest BCUT2D eigenvalue weighted by molar-refractivity contribution is 6.08. The highest BCUT2D eigenvalue weighted by Gasteiger charge is 2.59. The lowest BCUT2D eigenvalue weighted by atomic mass is 9.71. The van der Waals surface area contributed by atoms with Gasteiger partial charge in [0.25, 0.3) is 5.56 Å². The predicted octanol–water partition coefficient (Wildman–Crippen LogP) is 4.61. The number of hydrogen-bond donors (Lipinski definition) is 2. The number of benzene rings is 1. The molecule has 0 spiro atoms. The van der Waals surface area contributed by atoms with E-state index in [4.69, 9.17) is 0 Å². The number of hydrogen-bond acceptors (Lipinski definition) is 6. The summed E-state index contributed by atoms with van der Waals surface area (Å²) in [5.74, 6) is -0.402. The molecule has 2 aliphatic rings. The van der Waals surface area contributed by atoms with Crippen molar-refractivity contribution in [1.29, 1.82) is 0 Å². The van der Waals surface area contributed by atoms with Gasteiger partial charge in [-0.2, -0.15) is 18.3 Å². The first kappa shape index (κ1) is 26.1. The molecule has 4 heterocycles. The van der Waals surface area contributed by atoms with Crippen molar-refractivity contribution in [1.82, 2.24) is 29.5 Å². The van der Waals surface area contributed by atoms with Crippen molar-refractivity contribution in [3.63, 3.8) is 0 Å². The van der Waals surface area contributed by atoms with Gasteiger partial charge in [0.2, 0.25) is 5.91 Å². The summed E-state index contributed by atoms with van der Waals surface area (Å²) < 4.78 is 54.0. The predicted molar refractivity (Wildman–Crippen MR) is 136 cm³/mol. The van der Waals surface area contributed by atoms with Crippen molar-refractivity contribution in [2.75, 3.05) is 5.32 Å². The molecule has 1 amide bonds. The van der Waals surface area contributed by atoms with Gasteiger partial charge in [0.15, 0.2) is 11.5 Å². The number of rotatable bonds is 7. The van der Waals surface area contributed by atoms with Crippen molar-refractivity contribution < 1.29 is 22.4 Å². The van der Waals surface area contributed by atoms with Crippen LogP contribution in [0.2, 0.25) is 0 Å². The first-order valence-electron chi connectivity index (χ1n) is 12.9. The number of alkyl halides is 4. The first-order chi connectivity index (χ1) is 18.9. The number of nitrogens with zero attached hydrogens (tertiary/aromatic N) is 5. The number of carbonyl (C=O) groups is 1. The van der Waals surface area contributed by atoms with Crippen LogP contribution in [0.4, 0.5) is 23.4 Å². The van der Waals surface area contributed by atoms with Crippen molar-refractivity contribution >= 4 is 17.4 Å². The standard InChI is InChI=1S/C27H25F4N7O2/c1-25(2,28)14-5-7-15(8-6-14)27(16-9-10-16)19-21(37-24(27)40)35-20(36-23(19)39)18-12-38-22(32-13-33-38)17(34-18)4-3-11-26(29,30)31/h5-8,12-13,16H,3-4,9-11H2,1-2H3,(H2,35,36,37,39,40). The molecule has 40 heavy (non-hydrogen) atoms. The van der Waals surface area contributed by atoms with Gasteiger partial charge in [-0.1, -0.05) is 24.3 Å². The summed E-state index contributed by atoms with van der Waals surface area (Å²) in [4.78, 5) is 43.0. The van der Waals surface area contributed by atoms with E-state index in [1.807, 2.05) is 0 Å². The average Bonchev–Trinajstić information content (AvgIpc) is 3.52. The van der Waals surface area contributed by atoms with Gasteiger partial charge in [0, 0.05) is 6.42 Å². The van der Waals surface area contributed by atoms with Crippen molar-refractivity contribution in [2.24, 2.45) is 5.92 Å². The SMILES string of the molecule is CC(C)(F)c1ccc(C2(C3CC3)C(=O)Nc3nc(-c4cn5ncnc5c(CCCC(F)(F)F)n4)[nH]c(=O)c32)cc1. The Hall–Kier alpha value is -4.16. The Balaban J connectivity index is 1.43. The van der Waals surface area contributed by atoms with E-state index < -0.39 is 29.2 Å². The van der Waals surface area contributed by atoms with E-state index in [2.05, 4.69) is 30.4 Å². The zero-order valence-corrected chi connectivity index (χ0v) is 21.6. The fourth-order valence-corrected chi connectivity index (χ4v) is 5.55. The number of H-pyrrole nitrogens is 1. The van der Waals surface area contributed by atoms with Gasteiger partial charge in [0.1, 0.15) is 28.9 Å². The van der Waals surface area contributed by atoms with Crippen LogP contribution in [0.25, 0.3) is 17.2 Å². The van der Waals surface area contributed by atoms with Gasteiger partial charge < -0.3 is 10.3 Å². The second-order valence-corrected chi connectivity index (χ2v) is 10.8. The number of aromatic nitrogens is 6. The fraction of sp³-hybridized carbons (Fsp3) is 0.407. The zero-order chi connectivity index (χ0) is 28.4. The minimum absolute atomic E-state index is 0.0159. The highest BCUT2D eigenvalue weighted by atomic mass is 19.4. The quantitative estimate of drug-likeness (QED) is 0.322. The maximum Gasteiger partial charge on any atom is 0.389 e. The summed E-state index contributed by atoms with van der Waals surface area (Å²) in [7, 11) is 0. The second kappa shape index (κ2) is 8.93. The van der Waals surface area contributed by atoms with Crippen LogP contribution >= 0.6 is 0 Å². The van der Waals surface area contributed by atoms with E-state index in [1.54, 1.807) is 24.3 Å². The number of aryl methyl sites for hydroxylation is 1. The molecule has 1 aliphatic heterocycles. The third-order valence-corrected chi connectivity index (χ3v) is 7.57. The van der Waals surface area contributed by atoms with Gasteiger partial charge in [-0.25, -0.2) is 23.9 Å². The van der Waals surface area contributed by atoms with Gasteiger partial charge in [-0.05, 0) is 56.6 Å². The molecule has 6 rings (SSSR count). The lowest BCUT2D eigenvalue weighted by Gasteiger charge is -2.28. The van der Waals surface area contributed by atoms with Gasteiger partial charge in [-0.3, -0.25) is 9.59 Å². The molecule has 1 aliphatic carbocycles. The Morgan fingerprint density at radius 1 is 1.07 bits per heavy atom. The lowest BCUT2D eigenvalue weighted by Crippen LogP contribution is -2.41. The van der Waals surface area contributed by atoms with E-state index in [-0.39, 0.29) is 53.3 Å². The number of anilines is 1. The van der Waals surface area contributed by atoms with Crippen molar-refractivity contribution in [2.45, 2.75) is 63.2 Å². The summed E-state index contributed by atoms with van der Waals surface area (Å²) >= 11 is 0. The summed E-state index contributed by atoms with van der Waals surface area (Å²) in [6.07, 6.45) is -1.32. The summed E-state index contributed by atoms with van der Waals surface area (Å²) in [5.41, 5.74) is -1.45. The van der Waals surface area contributed by atoms with Crippen LogP contribution in [0.5, 0.6) is 0 Å². The number of carbonyl (C=O) groups excluding carboxylic acids is 1. The zero-order valence-electron chi connectivity index (χ0n) is 21.6. The van der Waals surface area contributed by atoms with Crippen LogP contribution in [0, 0.1) is 5.92 Å². The highest BCUT2D eigenvalue weighted by Crippen LogP contribution is 2.55. The van der Waals surface area contributed by atoms with Crippen molar-refractivity contribution in [3.05, 3.63) is 69.5 Å². The molecule has 9 nitrogen and oxygen atoms in total. The largest absolute Gasteiger partial charge is 0.389 e. The minimum atomic E-state index is -4.30. The van der Waals surface area contributed by atoms with E-state index >= 15 is 0 Å². The molecule has 1 fully saturated rings. The maximum atomic E-state index is 14.5. The molecule has 0 bridgehead atoms. The third kappa shape index (κ3) is 4.33. The van der Waals surface area contributed by atoms with E-state index in [0.717, 1.165) is 12.8 Å². The Morgan fingerprint density at radius 3 is 2.45 bits per heavy atom. The van der Waals surface area contributed by atoms with Gasteiger partial charge in [0.05, 0.1) is 17.5 Å². The van der Waals surface area contributed by atoms with E-state index in [1.165, 1.54) is 30.9 Å². The number of fused-ring (bicyclic) bond motifs is 2. The molecule has 1 unspecified atom stereocenters. The number of halogens is 4. The Kier molecular flexibility index (Phi) is 5.82. The molecule has 0 radical (unpaired) electrons. The Bertz CT molecular complexity index is 1680. The topological polar surface area (TPSA) is 118 Å². The maximum absolute atomic E-state index is 14.5. The summed E-state index contributed by atoms with van der Waals surface area (Å²) in [6, 6.07) is 6.62. The number of amides is 1. The van der Waals surface area contributed by atoms with Crippen LogP contribution in [-0.2, 0) is 22.3 Å². The molecule has 3 aromatic heterocycles. The Morgan fingerprint density at radius 2 is 1.80 bits per heavy atom. The molecule has 1 atom stereocenters. The van der Waals surface area contributed by atoms with E-state index in [9.17, 15) is 27.2 Å². The van der Waals surface area contributed by atoms with Gasteiger partial charge >= 0.3 is 6.18 Å². The molecular formula is C27H25F4N7O2. The lowest BCUT2D eigenvalue weighted by molar-refractivity contribution is -0.135. The smallest absolute Gasteiger partial charge is 0.309 e. The van der Waals surface area contributed by atoms with Crippen LogP contribution < -0.4 is 10.9 Å². The normalized spacial score (nSPS) is 19.2. The Labute approximate surface area is 225 Å². The number of aromatic amines is 1. The monoisotopic (exact) mass is 555 g/mol. The summed E-state index contributed by atoms with van der Waals surface area (Å²) in [5, 5.41) is 6.84. The minimum Gasteiger partial charge on any atom is -0.309 e. The molecular weight excluding hydrogens is 530 g/mol. The van der Waals surface area contributed by atoms with E-state index in [0.29, 0.717) is 16.8 Å². The first-order valence-corrected chi connectivity index (χ1v) is 12.9. The van der Waals surface area contributed by atoms with Crippen LogP contribution in [0.3, 0.4) is 0 Å². The summed E-state index contributed by atoms with van der Waals surface area (Å²) in [6.45, 7) is 2.89. The van der Waals surface area contributed by atoms with Crippen LogP contribution in [0.1, 0.15) is 61.9 Å². The second-order valence-electron chi connectivity index (χ2n) is 10.8. The average molecular weight is 556 g/mol. The fourth-order valence-electron chi connectivity index (χ4n) is 5.55. The van der Waals surface area contributed by atoms with Crippen LogP contribution in [-0.4, -0.2) is 41.6 Å². The van der Waals surface area contributed by atoms with Gasteiger partial charge in [-0.15, -0.1) is 0 Å². The molecule has 13 heteroatoms. The molecule has 4 aromatic rings. The molecule has 1 aromatic carbocycles.